The largest absolute Gasteiger partial charge is 0.340 e. The van der Waals surface area contributed by atoms with Crippen LogP contribution in [0.1, 0.15) is 40.5 Å². The minimum Gasteiger partial charge on any atom is -0.340 e. The Morgan fingerprint density at radius 1 is 1.12 bits per heavy atom. The van der Waals surface area contributed by atoms with E-state index < -0.39 is 0 Å². The Hall–Kier alpha value is -3.88. The molecule has 0 spiro atoms. The third-order valence-corrected chi connectivity index (χ3v) is 5.63. The second-order valence-electron chi connectivity index (χ2n) is 8.08. The fraction of sp³-hybridized carbons (Fsp3) is 0.292. The summed E-state index contributed by atoms with van der Waals surface area (Å²) in [5.74, 6) is -0.826. The number of carbonyl (C=O) groups is 2. The van der Waals surface area contributed by atoms with Gasteiger partial charge in [0.25, 0.3) is 11.5 Å². The molecule has 0 aliphatic carbocycles. The maximum Gasteiger partial charge on any atom is 0.267 e. The molecular weight excluding hydrogens is 425 g/mol. The lowest BCUT2D eigenvalue weighted by Gasteiger charge is -2.32. The normalized spacial score (nSPS) is 15.8. The fourth-order valence-corrected chi connectivity index (χ4v) is 3.86. The van der Waals surface area contributed by atoms with E-state index in [4.69, 9.17) is 0 Å². The van der Waals surface area contributed by atoms with Gasteiger partial charge in [-0.25, -0.2) is 9.07 Å². The highest BCUT2D eigenvalue weighted by Gasteiger charge is 2.26. The molecule has 0 radical (unpaired) electrons. The summed E-state index contributed by atoms with van der Waals surface area (Å²) >= 11 is 0. The first kappa shape index (κ1) is 22.3. The van der Waals surface area contributed by atoms with Crippen LogP contribution in [-0.4, -0.2) is 44.6 Å². The number of nitrogens with zero attached hydrogens (tertiary/aromatic N) is 4. The van der Waals surface area contributed by atoms with Crippen molar-refractivity contribution >= 4 is 17.5 Å². The summed E-state index contributed by atoms with van der Waals surface area (Å²) in [6.07, 6.45) is 3.20. The number of nitrogens with one attached hydrogen (secondary N) is 1. The lowest BCUT2D eigenvalue weighted by atomic mass is 9.94. The summed E-state index contributed by atoms with van der Waals surface area (Å²) in [4.78, 5) is 43.4. The molecule has 1 aliphatic rings. The van der Waals surface area contributed by atoms with Gasteiger partial charge in [0.2, 0.25) is 5.91 Å². The van der Waals surface area contributed by atoms with Crippen LogP contribution in [0, 0.1) is 12.7 Å². The van der Waals surface area contributed by atoms with Gasteiger partial charge in [0, 0.05) is 42.7 Å². The molecule has 1 saturated heterocycles. The molecule has 2 amide bonds. The van der Waals surface area contributed by atoms with Crippen LogP contribution in [0.15, 0.2) is 59.5 Å². The Balaban J connectivity index is 1.39. The third-order valence-electron chi connectivity index (χ3n) is 5.63. The van der Waals surface area contributed by atoms with E-state index in [0.717, 1.165) is 18.5 Å². The van der Waals surface area contributed by atoms with E-state index in [2.05, 4.69) is 15.4 Å². The molecule has 1 fully saturated rings. The molecule has 8 nitrogen and oxygen atoms in total. The van der Waals surface area contributed by atoms with Crippen LogP contribution in [0.25, 0.3) is 0 Å². The minimum atomic E-state index is -0.374. The first-order valence-electron chi connectivity index (χ1n) is 10.7. The van der Waals surface area contributed by atoms with Gasteiger partial charge >= 0.3 is 0 Å². The number of aryl methyl sites for hydroxylation is 1. The van der Waals surface area contributed by atoms with Gasteiger partial charge in [-0.05, 0) is 62.2 Å². The summed E-state index contributed by atoms with van der Waals surface area (Å²) in [5.41, 5.74) is 2.05. The van der Waals surface area contributed by atoms with Crippen molar-refractivity contribution in [2.24, 2.45) is 0 Å². The van der Waals surface area contributed by atoms with Gasteiger partial charge < -0.3 is 10.2 Å². The highest BCUT2D eigenvalue weighted by molar-refractivity contribution is 6.04. The number of hydrogen-bond acceptors (Lipinski definition) is 5. The second-order valence-corrected chi connectivity index (χ2v) is 8.08. The van der Waals surface area contributed by atoms with Crippen LogP contribution in [-0.2, 0) is 11.3 Å². The average Bonchev–Trinajstić information content (AvgIpc) is 2.83. The molecule has 1 aliphatic heterocycles. The van der Waals surface area contributed by atoms with Gasteiger partial charge in [-0.2, -0.15) is 5.10 Å². The molecule has 0 saturated carbocycles. The van der Waals surface area contributed by atoms with Gasteiger partial charge in [-0.1, -0.05) is 0 Å². The predicted octanol–water partition coefficient (Wildman–Crippen LogP) is 2.74. The quantitative estimate of drug-likeness (QED) is 0.646. The van der Waals surface area contributed by atoms with Crippen molar-refractivity contribution < 1.29 is 14.0 Å². The molecule has 0 unspecified atom stereocenters. The molecule has 1 atom stereocenters. The molecule has 170 valence electrons. The van der Waals surface area contributed by atoms with Crippen LogP contribution in [0.3, 0.4) is 0 Å². The van der Waals surface area contributed by atoms with Gasteiger partial charge in [-0.15, -0.1) is 0 Å². The summed E-state index contributed by atoms with van der Waals surface area (Å²) in [5, 5.41) is 6.84. The number of rotatable bonds is 5. The molecule has 3 aromatic rings. The molecule has 4 rings (SSSR count). The second kappa shape index (κ2) is 9.72. The van der Waals surface area contributed by atoms with Crippen molar-refractivity contribution in [3.05, 3.63) is 87.9 Å². The van der Waals surface area contributed by atoms with Gasteiger partial charge in [0.1, 0.15) is 12.4 Å². The number of carbonyl (C=O) groups excluding carboxylic acids is 2. The summed E-state index contributed by atoms with van der Waals surface area (Å²) in [6.45, 7) is 2.79. The van der Waals surface area contributed by atoms with Gasteiger partial charge in [0.05, 0.1) is 11.3 Å². The van der Waals surface area contributed by atoms with Gasteiger partial charge in [0.15, 0.2) is 0 Å². The Bertz CT molecular complexity index is 1210. The van der Waals surface area contributed by atoms with Crippen LogP contribution in [0.4, 0.5) is 10.1 Å². The Labute approximate surface area is 190 Å². The van der Waals surface area contributed by atoms with Crippen LogP contribution >= 0.6 is 0 Å². The van der Waals surface area contributed by atoms with Crippen LogP contribution in [0.5, 0.6) is 0 Å². The SMILES string of the molecule is Cc1ccc(=O)n(CC(=O)N2CCC[C@@H](c3ccc(C(=O)Nc4ccc(F)cc4)cn3)C2)n1. The van der Waals surface area contributed by atoms with Crippen LogP contribution < -0.4 is 10.9 Å². The summed E-state index contributed by atoms with van der Waals surface area (Å²) in [7, 11) is 0. The van der Waals surface area contributed by atoms with Crippen molar-refractivity contribution in [3.63, 3.8) is 0 Å². The van der Waals surface area contributed by atoms with E-state index in [9.17, 15) is 18.8 Å². The molecule has 33 heavy (non-hydrogen) atoms. The third kappa shape index (κ3) is 5.49. The maximum atomic E-state index is 13.0. The van der Waals surface area contributed by atoms with E-state index in [-0.39, 0.29) is 35.7 Å². The van der Waals surface area contributed by atoms with E-state index in [0.29, 0.717) is 30.0 Å². The van der Waals surface area contributed by atoms with E-state index in [1.165, 1.54) is 41.2 Å². The minimum absolute atomic E-state index is 0.0408. The number of hydrogen-bond donors (Lipinski definition) is 1. The number of benzene rings is 1. The number of aromatic nitrogens is 3. The Kier molecular flexibility index (Phi) is 6.58. The lowest BCUT2D eigenvalue weighted by Crippen LogP contribution is -2.42. The van der Waals surface area contributed by atoms with Crippen molar-refractivity contribution in [2.75, 3.05) is 18.4 Å². The van der Waals surface area contributed by atoms with E-state index >= 15 is 0 Å². The molecule has 0 bridgehead atoms. The smallest absolute Gasteiger partial charge is 0.267 e. The van der Waals surface area contributed by atoms with Crippen LogP contribution in [0.2, 0.25) is 0 Å². The molecule has 1 aromatic carbocycles. The number of piperidine rings is 1. The number of likely N-dealkylation sites (tertiary alicyclic amines) is 1. The standard InChI is InChI=1S/C24H24FN5O3/c1-16-4-11-22(31)30(28-16)15-23(32)29-12-2-3-18(14-29)21-10-5-17(13-26-21)24(33)27-20-8-6-19(25)7-9-20/h4-11,13,18H,2-3,12,14-15H2,1H3,(H,27,33)/t18-/m1/s1. The van der Waals surface area contributed by atoms with Crippen molar-refractivity contribution in [2.45, 2.75) is 32.2 Å². The molecule has 2 aromatic heterocycles. The highest BCUT2D eigenvalue weighted by atomic mass is 19.1. The molecule has 9 heteroatoms. The average molecular weight is 449 g/mol. The van der Waals surface area contributed by atoms with Crippen molar-refractivity contribution in [1.82, 2.24) is 19.7 Å². The lowest BCUT2D eigenvalue weighted by molar-refractivity contribution is -0.133. The summed E-state index contributed by atoms with van der Waals surface area (Å²) < 4.78 is 14.2. The highest BCUT2D eigenvalue weighted by Crippen LogP contribution is 2.26. The zero-order valence-corrected chi connectivity index (χ0v) is 18.2. The zero-order chi connectivity index (χ0) is 23.4. The number of halogens is 1. The molecular formula is C24H24FN5O3. The van der Waals surface area contributed by atoms with E-state index in [1.54, 1.807) is 30.0 Å². The maximum absolute atomic E-state index is 13.0. The number of amides is 2. The first-order valence-corrected chi connectivity index (χ1v) is 10.7. The van der Waals surface area contributed by atoms with Gasteiger partial charge in [-0.3, -0.25) is 19.4 Å². The fourth-order valence-electron chi connectivity index (χ4n) is 3.86. The zero-order valence-electron chi connectivity index (χ0n) is 18.2. The van der Waals surface area contributed by atoms with Crippen molar-refractivity contribution in [3.8, 4) is 0 Å². The summed E-state index contributed by atoms with van der Waals surface area (Å²) in [6, 6.07) is 12.0. The first-order chi connectivity index (χ1) is 15.9. The molecule has 1 N–H and O–H groups in total. The Morgan fingerprint density at radius 2 is 1.91 bits per heavy atom. The molecule has 3 heterocycles. The monoisotopic (exact) mass is 449 g/mol. The predicted molar refractivity (Wildman–Crippen MR) is 120 cm³/mol. The van der Waals surface area contributed by atoms with E-state index in [1.807, 2.05) is 0 Å². The number of pyridine rings is 1. The van der Waals surface area contributed by atoms with Crippen molar-refractivity contribution in [1.29, 1.82) is 0 Å². The number of anilines is 1. The Morgan fingerprint density at radius 3 is 2.64 bits per heavy atom. The topological polar surface area (TPSA) is 97.2 Å².